The Balaban J connectivity index is 2.99. The summed E-state index contributed by atoms with van der Waals surface area (Å²) in [6.45, 7) is 5.44. The average Bonchev–Trinajstić information content (AvgIpc) is 1.99. The van der Waals surface area contributed by atoms with E-state index in [1.165, 1.54) is 6.07 Å². The molecule has 1 aromatic rings. The fourth-order valence-electron chi connectivity index (χ4n) is 1.06. The van der Waals surface area contributed by atoms with Gasteiger partial charge >= 0.3 is 6.36 Å². The van der Waals surface area contributed by atoms with E-state index in [1.54, 1.807) is 13.0 Å². The third-order valence-corrected chi connectivity index (χ3v) is 1.91. The molecule has 0 aromatic heterocycles. The summed E-state index contributed by atoms with van der Waals surface area (Å²) in [7, 11) is 0. The number of hydrogen-bond acceptors (Lipinski definition) is 1. The Hall–Kier alpha value is -0.900. The van der Waals surface area contributed by atoms with Gasteiger partial charge in [0.25, 0.3) is 0 Å². The number of hydrogen-bond donors (Lipinski definition) is 0. The molecule has 0 bridgehead atoms. The van der Waals surface area contributed by atoms with Crippen LogP contribution in [0.4, 0.5) is 13.2 Å². The predicted molar refractivity (Wildman–Crippen MR) is 51.9 cm³/mol. The molecule has 1 aromatic carbocycles. The molecule has 1 radical (unpaired) electrons. The van der Waals surface area contributed by atoms with Crippen LogP contribution < -0.4 is 4.74 Å². The van der Waals surface area contributed by atoms with Gasteiger partial charge in [0, 0.05) is 5.02 Å². The van der Waals surface area contributed by atoms with Crippen molar-refractivity contribution in [1.29, 1.82) is 0 Å². The molecule has 83 valence electrons. The number of rotatable bonds is 2. The van der Waals surface area contributed by atoms with Crippen molar-refractivity contribution in [2.24, 2.45) is 0 Å². The highest BCUT2D eigenvalue weighted by Gasteiger charge is 2.31. The first kappa shape index (κ1) is 12.2. The molecule has 0 saturated carbocycles. The first-order chi connectivity index (χ1) is 6.78. The molecular weight excluding hydrogens is 229 g/mol. The number of alkyl halides is 3. The molecule has 1 rings (SSSR count). The fraction of sp³-hybridized carbons (Fsp3) is 0.300. The molecule has 0 heterocycles. The highest BCUT2D eigenvalue weighted by molar-refractivity contribution is 6.30. The lowest BCUT2D eigenvalue weighted by Gasteiger charge is -2.12. The maximum absolute atomic E-state index is 11.9. The molecule has 1 unspecified atom stereocenters. The van der Waals surface area contributed by atoms with E-state index in [0.717, 1.165) is 6.07 Å². The Morgan fingerprint density at radius 3 is 2.40 bits per heavy atom. The zero-order chi connectivity index (χ0) is 11.6. The fourth-order valence-corrected chi connectivity index (χ4v) is 1.29. The summed E-state index contributed by atoms with van der Waals surface area (Å²) in [5.74, 6) is -0.472. The van der Waals surface area contributed by atoms with Gasteiger partial charge in [0.2, 0.25) is 0 Å². The third kappa shape index (κ3) is 4.00. The summed E-state index contributed by atoms with van der Waals surface area (Å²) in [5.41, 5.74) is 0.599. The van der Waals surface area contributed by atoms with Crippen LogP contribution in [0, 0.1) is 6.92 Å². The standard InChI is InChI=1S/C10H9ClF3O/c1-6(2)7-3-8(11)5-9(4-7)15-10(12,13)14/h3-6H,1H2,2H3. The van der Waals surface area contributed by atoms with Crippen LogP contribution in [-0.2, 0) is 0 Å². The molecule has 0 aliphatic carbocycles. The summed E-state index contributed by atoms with van der Waals surface area (Å²) in [6, 6.07) is 3.94. The van der Waals surface area contributed by atoms with E-state index in [1.807, 2.05) is 0 Å². The Morgan fingerprint density at radius 2 is 1.93 bits per heavy atom. The van der Waals surface area contributed by atoms with Crippen LogP contribution >= 0.6 is 11.6 Å². The third-order valence-electron chi connectivity index (χ3n) is 1.70. The molecule has 5 heteroatoms. The van der Waals surface area contributed by atoms with Crippen molar-refractivity contribution in [2.45, 2.75) is 19.2 Å². The Labute approximate surface area is 90.8 Å². The SMILES string of the molecule is [CH2]C(C)c1cc(Cl)cc(OC(F)(F)F)c1. The molecule has 0 amide bonds. The van der Waals surface area contributed by atoms with E-state index >= 15 is 0 Å². The van der Waals surface area contributed by atoms with Crippen LogP contribution in [0.5, 0.6) is 5.75 Å². The van der Waals surface area contributed by atoms with E-state index in [0.29, 0.717) is 5.56 Å². The Morgan fingerprint density at radius 1 is 1.33 bits per heavy atom. The predicted octanol–water partition coefficient (Wildman–Crippen LogP) is 4.18. The monoisotopic (exact) mass is 237 g/mol. The van der Waals surface area contributed by atoms with Crippen LogP contribution in [0.3, 0.4) is 0 Å². The average molecular weight is 238 g/mol. The van der Waals surface area contributed by atoms with Crippen LogP contribution in [-0.4, -0.2) is 6.36 Å². The van der Waals surface area contributed by atoms with Gasteiger partial charge in [0.05, 0.1) is 0 Å². The number of halogens is 4. The van der Waals surface area contributed by atoms with Gasteiger partial charge in [-0.1, -0.05) is 18.5 Å². The molecule has 1 nitrogen and oxygen atoms in total. The normalized spacial score (nSPS) is 11.9. The smallest absolute Gasteiger partial charge is 0.406 e. The molecule has 15 heavy (non-hydrogen) atoms. The van der Waals surface area contributed by atoms with Crippen molar-refractivity contribution in [3.8, 4) is 5.75 Å². The van der Waals surface area contributed by atoms with Gasteiger partial charge in [-0.3, -0.25) is 0 Å². The molecule has 0 N–H and O–H groups in total. The van der Waals surface area contributed by atoms with E-state index in [4.69, 9.17) is 11.6 Å². The summed E-state index contributed by atoms with van der Waals surface area (Å²) < 4.78 is 39.5. The molecule has 1 atom stereocenters. The zero-order valence-corrected chi connectivity index (χ0v) is 8.69. The highest BCUT2D eigenvalue weighted by Crippen LogP contribution is 2.29. The van der Waals surface area contributed by atoms with Crippen LogP contribution in [0.1, 0.15) is 18.4 Å². The quantitative estimate of drug-likeness (QED) is 0.750. The topological polar surface area (TPSA) is 9.23 Å². The Kier molecular flexibility index (Phi) is 3.50. The summed E-state index contributed by atoms with van der Waals surface area (Å²) >= 11 is 5.65. The Bertz CT molecular complexity index is 347. The second-order valence-electron chi connectivity index (χ2n) is 3.17. The number of benzene rings is 1. The van der Waals surface area contributed by atoms with Gasteiger partial charge in [0.1, 0.15) is 5.75 Å². The molecule has 0 fully saturated rings. The minimum absolute atomic E-state index is 0.153. The van der Waals surface area contributed by atoms with E-state index in [-0.39, 0.29) is 16.7 Å². The maximum Gasteiger partial charge on any atom is 0.573 e. The second kappa shape index (κ2) is 4.31. The van der Waals surface area contributed by atoms with Crippen LogP contribution in [0.2, 0.25) is 5.02 Å². The first-order valence-corrected chi connectivity index (χ1v) is 4.55. The molecule has 0 spiro atoms. The van der Waals surface area contributed by atoms with Crippen LogP contribution in [0.25, 0.3) is 0 Å². The summed E-state index contributed by atoms with van der Waals surface area (Å²) in [4.78, 5) is 0. The lowest BCUT2D eigenvalue weighted by Crippen LogP contribution is -2.17. The van der Waals surface area contributed by atoms with Crippen molar-refractivity contribution >= 4 is 11.6 Å². The van der Waals surface area contributed by atoms with Gasteiger partial charge in [0.15, 0.2) is 0 Å². The van der Waals surface area contributed by atoms with Gasteiger partial charge in [-0.15, -0.1) is 13.2 Å². The van der Waals surface area contributed by atoms with Gasteiger partial charge in [-0.2, -0.15) is 0 Å². The summed E-state index contributed by atoms with van der Waals surface area (Å²) in [6.07, 6.45) is -4.70. The molecule has 0 saturated heterocycles. The van der Waals surface area contributed by atoms with E-state index in [9.17, 15) is 13.2 Å². The van der Waals surface area contributed by atoms with Crippen molar-refractivity contribution in [2.75, 3.05) is 0 Å². The minimum atomic E-state index is -4.70. The van der Waals surface area contributed by atoms with Crippen LogP contribution in [0.15, 0.2) is 18.2 Å². The van der Waals surface area contributed by atoms with Crippen molar-refractivity contribution in [1.82, 2.24) is 0 Å². The minimum Gasteiger partial charge on any atom is -0.406 e. The molecule has 0 aliphatic rings. The van der Waals surface area contributed by atoms with Crippen molar-refractivity contribution in [3.63, 3.8) is 0 Å². The lowest BCUT2D eigenvalue weighted by atomic mass is 10.0. The number of ether oxygens (including phenoxy) is 1. The second-order valence-corrected chi connectivity index (χ2v) is 3.61. The maximum atomic E-state index is 11.9. The molecular formula is C10H9ClF3O. The molecule has 0 aliphatic heterocycles. The zero-order valence-electron chi connectivity index (χ0n) is 7.94. The van der Waals surface area contributed by atoms with Gasteiger partial charge < -0.3 is 4.74 Å². The highest BCUT2D eigenvalue weighted by atomic mass is 35.5. The van der Waals surface area contributed by atoms with E-state index in [2.05, 4.69) is 11.7 Å². The van der Waals surface area contributed by atoms with Crippen molar-refractivity contribution in [3.05, 3.63) is 35.7 Å². The van der Waals surface area contributed by atoms with Gasteiger partial charge in [-0.25, -0.2) is 0 Å². The summed E-state index contributed by atoms with van der Waals surface area (Å²) in [5, 5.41) is 0.197. The lowest BCUT2D eigenvalue weighted by molar-refractivity contribution is -0.274. The largest absolute Gasteiger partial charge is 0.573 e. The van der Waals surface area contributed by atoms with E-state index < -0.39 is 6.36 Å². The van der Waals surface area contributed by atoms with Crippen molar-refractivity contribution < 1.29 is 17.9 Å². The first-order valence-electron chi connectivity index (χ1n) is 4.17. The van der Waals surface area contributed by atoms with Gasteiger partial charge in [-0.05, 0) is 36.6 Å².